The summed E-state index contributed by atoms with van der Waals surface area (Å²) >= 11 is 0. The minimum atomic E-state index is -0.0344. The summed E-state index contributed by atoms with van der Waals surface area (Å²) in [5.74, 6) is 1.53. The Labute approximate surface area is 150 Å². The predicted molar refractivity (Wildman–Crippen MR) is 99.7 cm³/mol. The fourth-order valence-electron chi connectivity index (χ4n) is 3.24. The van der Waals surface area contributed by atoms with Crippen molar-refractivity contribution < 1.29 is 9.59 Å². The van der Waals surface area contributed by atoms with E-state index >= 15 is 0 Å². The third-order valence-corrected chi connectivity index (χ3v) is 5.23. The minimum Gasteiger partial charge on any atom is -0.339 e. The van der Waals surface area contributed by atoms with Crippen molar-refractivity contribution in [1.82, 2.24) is 10.2 Å². The fraction of sp³-hybridized carbons (Fsp3) is 0.600. The van der Waals surface area contributed by atoms with Gasteiger partial charge < -0.3 is 15.5 Å². The molecule has 5 heteroatoms. The largest absolute Gasteiger partial charge is 0.339 e. The summed E-state index contributed by atoms with van der Waals surface area (Å²) < 4.78 is 0. The maximum Gasteiger partial charge on any atom is 0.253 e. The van der Waals surface area contributed by atoms with Gasteiger partial charge in [0.05, 0.1) is 6.54 Å². The number of carbonyl (C=O) groups excluding carboxylic acids is 2. The lowest BCUT2D eigenvalue weighted by Crippen LogP contribution is -2.37. The second-order valence-corrected chi connectivity index (χ2v) is 7.63. The molecule has 1 aromatic carbocycles. The first-order valence-corrected chi connectivity index (χ1v) is 9.43. The van der Waals surface area contributed by atoms with Crippen LogP contribution in [0.3, 0.4) is 0 Å². The van der Waals surface area contributed by atoms with Crippen LogP contribution in [-0.2, 0) is 4.79 Å². The van der Waals surface area contributed by atoms with Gasteiger partial charge in [0.15, 0.2) is 0 Å². The Morgan fingerprint density at radius 1 is 1.16 bits per heavy atom. The van der Waals surface area contributed by atoms with Crippen molar-refractivity contribution in [2.75, 3.05) is 31.5 Å². The average Bonchev–Trinajstić information content (AvgIpc) is 3.41. The van der Waals surface area contributed by atoms with E-state index in [2.05, 4.69) is 17.6 Å². The average molecular weight is 343 g/mol. The van der Waals surface area contributed by atoms with Crippen molar-refractivity contribution in [3.8, 4) is 0 Å². The van der Waals surface area contributed by atoms with Crippen molar-refractivity contribution in [2.24, 2.45) is 11.8 Å². The Morgan fingerprint density at radius 2 is 1.88 bits per heavy atom. The van der Waals surface area contributed by atoms with E-state index in [9.17, 15) is 9.59 Å². The summed E-state index contributed by atoms with van der Waals surface area (Å²) in [6.45, 7) is 7.11. The first kappa shape index (κ1) is 17.9. The standard InChI is InChI=1S/C20H29N3O2/c1-14-7-9-23(10-8-14)20(25)17-5-6-18(15(2)11-17)22-19(24)13-21-12-16-3-4-16/h5-6,11,14,16,21H,3-4,7-10,12-13H2,1-2H3,(H,22,24). The van der Waals surface area contributed by atoms with Gasteiger partial charge in [0.2, 0.25) is 5.91 Å². The number of benzene rings is 1. The van der Waals surface area contributed by atoms with Crippen LogP contribution in [0.1, 0.15) is 48.5 Å². The molecule has 1 aliphatic carbocycles. The van der Waals surface area contributed by atoms with Gasteiger partial charge in [0.1, 0.15) is 0 Å². The number of carbonyl (C=O) groups is 2. The van der Waals surface area contributed by atoms with Crippen LogP contribution >= 0.6 is 0 Å². The topological polar surface area (TPSA) is 61.4 Å². The molecule has 136 valence electrons. The maximum atomic E-state index is 12.6. The van der Waals surface area contributed by atoms with Gasteiger partial charge in [-0.3, -0.25) is 9.59 Å². The fourth-order valence-corrected chi connectivity index (χ4v) is 3.24. The Morgan fingerprint density at radius 3 is 2.52 bits per heavy atom. The van der Waals surface area contributed by atoms with Crippen LogP contribution in [0.25, 0.3) is 0 Å². The molecular weight excluding hydrogens is 314 g/mol. The van der Waals surface area contributed by atoms with E-state index in [0.717, 1.165) is 49.6 Å². The molecule has 0 aromatic heterocycles. The van der Waals surface area contributed by atoms with E-state index in [0.29, 0.717) is 18.0 Å². The van der Waals surface area contributed by atoms with Crippen LogP contribution < -0.4 is 10.6 Å². The van der Waals surface area contributed by atoms with Gasteiger partial charge in [-0.2, -0.15) is 0 Å². The molecule has 3 rings (SSSR count). The van der Waals surface area contributed by atoms with Gasteiger partial charge in [-0.05, 0) is 74.8 Å². The van der Waals surface area contributed by atoms with Gasteiger partial charge in [-0.15, -0.1) is 0 Å². The zero-order valence-corrected chi connectivity index (χ0v) is 15.3. The van der Waals surface area contributed by atoms with E-state index < -0.39 is 0 Å². The summed E-state index contributed by atoms with van der Waals surface area (Å²) in [6.07, 6.45) is 4.71. The quantitative estimate of drug-likeness (QED) is 0.835. The highest BCUT2D eigenvalue weighted by Crippen LogP contribution is 2.27. The molecule has 2 N–H and O–H groups in total. The van der Waals surface area contributed by atoms with Gasteiger partial charge in [0.25, 0.3) is 5.91 Å². The summed E-state index contributed by atoms with van der Waals surface area (Å²) in [6, 6.07) is 5.54. The van der Waals surface area contributed by atoms with Crippen LogP contribution in [-0.4, -0.2) is 42.9 Å². The van der Waals surface area contributed by atoms with E-state index in [1.165, 1.54) is 12.8 Å². The van der Waals surface area contributed by atoms with Gasteiger partial charge in [-0.25, -0.2) is 0 Å². The number of rotatable bonds is 6. The minimum absolute atomic E-state index is 0.0344. The molecule has 25 heavy (non-hydrogen) atoms. The van der Waals surface area contributed by atoms with E-state index in [1.54, 1.807) is 0 Å². The highest BCUT2D eigenvalue weighted by Gasteiger charge is 2.22. The van der Waals surface area contributed by atoms with Gasteiger partial charge in [0, 0.05) is 24.3 Å². The number of aryl methyl sites for hydroxylation is 1. The molecule has 2 fully saturated rings. The first-order chi connectivity index (χ1) is 12.0. The lowest BCUT2D eigenvalue weighted by molar-refractivity contribution is -0.115. The second kappa shape index (κ2) is 8.00. The summed E-state index contributed by atoms with van der Waals surface area (Å²) in [5.41, 5.74) is 2.41. The van der Waals surface area contributed by atoms with Crippen LogP contribution in [0, 0.1) is 18.8 Å². The summed E-state index contributed by atoms with van der Waals surface area (Å²) in [5, 5.41) is 6.12. The Hall–Kier alpha value is -1.88. The number of anilines is 1. The number of hydrogen-bond acceptors (Lipinski definition) is 3. The van der Waals surface area contributed by atoms with Crippen molar-refractivity contribution in [1.29, 1.82) is 0 Å². The van der Waals surface area contributed by atoms with Crippen molar-refractivity contribution in [3.63, 3.8) is 0 Å². The van der Waals surface area contributed by atoms with Crippen LogP contribution in [0.5, 0.6) is 0 Å². The Bertz CT molecular complexity index is 632. The normalized spacial score (nSPS) is 18.2. The van der Waals surface area contributed by atoms with Gasteiger partial charge in [-0.1, -0.05) is 6.92 Å². The zero-order valence-electron chi connectivity index (χ0n) is 15.3. The molecule has 1 aliphatic heterocycles. The molecule has 0 bridgehead atoms. The maximum absolute atomic E-state index is 12.6. The molecular formula is C20H29N3O2. The number of likely N-dealkylation sites (tertiary alicyclic amines) is 1. The van der Waals surface area contributed by atoms with Crippen molar-refractivity contribution in [3.05, 3.63) is 29.3 Å². The molecule has 5 nitrogen and oxygen atoms in total. The molecule has 0 unspecified atom stereocenters. The SMILES string of the molecule is Cc1cc(C(=O)N2CCC(C)CC2)ccc1NC(=O)CNCC1CC1. The third kappa shape index (κ3) is 5.05. The summed E-state index contributed by atoms with van der Waals surface area (Å²) in [4.78, 5) is 26.6. The van der Waals surface area contributed by atoms with Crippen LogP contribution in [0.2, 0.25) is 0 Å². The zero-order chi connectivity index (χ0) is 17.8. The van der Waals surface area contributed by atoms with Crippen LogP contribution in [0.15, 0.2) is 18.2 Å². The second-order valence-electron chi connectivity index (χ2n) is 7.63. The van der Waals surface area contributed by atoms with E-state index in [4.69, 9.17) is 0 Å². The molecule has 0 spiro atoms. The van der Waals surface area contributed by atoms with Crippen LogP contribution in [0.4, 0.5) is 5.69 Å². The summed E-state index contributed by atoms with van der Waals surface area (Å²) in [7, 11) is 0. The smallest absolute Gasteiger partial charge is 0.253 e. The number of amides is 2. The Balaban J connectivity index is 1.54. The van der Waals surface area contributed by atoms with Crippen molar-refractivity contribution >= 4 is 17.5 Å². The molecule has 2 aliphatic rings. The first-order valence-electron chi connectivity index (χ1n) is 9.43. The van der Waals surface area contributed by atoms with Gasteiger partial charge >= 0.3 is 0 Å². The highest BCUT2D eigenvalue weighted by molar-refractivity contribution is 5.97. The molecule has 2 amide bonds. The molecule has 1 saturated carbocycles. The number of nitrogens with one attached hydrogen (secondary N) is 2. The molecule has 1 heterocycles. The van der Waals surface area contributed by atoms with E-state index in [-0.39, 0.29) is 11.8 Å². The lowest BCUT2D eigenvalue weighted by atomic mass is 9.98. The molecule has 1 aromatic rings. The highest BCUT2D eigenvalue weighted by atomic mass is 16.2. The third-order valence-electron chi connectivity index (χ3n) is 5.23. The monoisotopic (exact) mass is 343 g/mol. The number of hydrogen-bond donors (Lipinski definition) is 2. The molecule has 1 saturated heterocycles. The predicted octanol–water partition coefficient (Wildman–Crippen LogP) is 2.81. The lowest BCUT2D eigenvalue weighted by Gasteiger charge is -2.30. The molecule has 0 radical (unpaired) electrons. The Kier molecular flexibility index (Phi) is 5.74. The van der Waals surface area contributed by atoms with E-state index in [1.807, 2.05) is 30.0 Å². The number of nitrogens with zero attached hydrogens (tertiary/aromatic N) is 1. The number of piperidine rings is 1. The molecule has 0 atom stereocenters. The van der Waals surface area contributed by atoms with Crippen molar-refractivity contribution in [2.45, 2.75) is 39.5 Å².